The topological polar surface area (TPSA) is 43.4 Å². The molecule has 0 aliphatic rings. The molecule has 0 saturated carbocycles. The van der Waals surface area contributed by atoms with Crippen LogP contribution in [0, 0.1) is 0 Å². The Morgan fingerprint density at radius 2 is 1.81 bits per heavy atom. The second-order valence-electron chi connectivity index (χ2n) is 4.83. The van der Waals surface area contributed by atoms with Gasteiger partial charge in [-0.2, -0.15) is 0 Å². The first-order valence-electron chi connectivity index (χ1n) is 7.18. The van der Waals surface area contributed by atoms with Crippen molar-refractivity contribution in [2.45, 2.75) is 26.5 Å². The fraction of sp³-hybridized carbons (Fsp3) is 0.353. The summed E-state index contributed by atoms with van der Waals surface area (Å²) in [7, 11) is 1.66. The van der Waals surface area contributed by atoms with Gasteiger partial charge in [0.2, 0.25) is 0 Å². The van der Waals surface area contributed by atoms with Gasteiger partial charge in [-0.3, -0.25) is 4.98 Å². The molecule has 1 atom stereocenters. The molecule has 0 amide bonds. The van der Waals surface area contributed by atoms with E-state index in [0.717, 1.165) is 29.3 Å². The summed E-state index contributed by atoms with van der Waals surface area (Å²) in [5, 5.41) is 3.33. The number of rotatable bonds is 7. The van der Waals surface area contributed by atoms with E-state index in [0.29, 0.717) is 6.61 Å². The van der Waals surface area contributed by atoms with Crippen LogP contribution in [0.15, 0.2) is 42.6 Å². The Morgan fingerprint density at radius 3 is 2.38 bits per heavy atom. The molecule has 0 spiro atoms. The van der Waals surface area contributed by atoms with Gasteiger partial charge < -0.3 is 14.8 Å². The predicted molar refractivity (Wildman–Crippen MR) is 83.7 cm³/mol. The summed E-state index contributed by atoms with van der Waals surface area (Å²) in [4.78, 5) is 4.43. The van der Waals surface area contributed by atoms with Gasteiger partial charge in [0.25, 0.3) is 0 Å². The van der Waals surface area contributed by atoms with Crippen LogP contribution in [0.5, 0.6) is 11.5 Å². The molecular formula is C17H22N2O2. The van der Waals surface area contributed by atoms with Crippen molar-refractivity contribution in [2.75, 3.05) is 13.7 Å². The van der Waals surface area contributed by atoms with Crippen LogP contribution in [0.4, 0.5) is 0 Å². The summed E-state index contributed by atoms with van der Waals surface area (Å²) in [6.07, 6.45) is 1.77. The maximum absolute atomic E-state index is 5.74. The third kappa shape index (κ3) is 4.46. The quantitative estimate of drug-likeness (QED) is 0.847. The molecule has 2 aromatic rings. The molecule has 4 heteroatoms. The lowest BCUT2D eigenvalue weighted by atomic mass is 10.2. The SMILES string of the molecule is CCNC(C)c1ccc(OCc2ccc(OC)cc2)cn1. The van der Waals surface area contributed by atoms with Gasteiger partial charge in [0, 0.05) is 6.04 Å². The van der Waals surface area contributed by atoms with Crippen LogP contribution in [0.25, 0.3) is 0 Å². The highest BCUT2D eigenvalue weighted by atomic mass is 16.5. The smallest absolute Gasteiger partial charge is 0.138 e. The predicted octanol–water partition coefficient (Wildman–Crippen LogP) is 3.34. The summed E-state index contributed by atoms with van der Waals surface area (Å²) >= 11 is 0. The second kappa shape index (κ2) is 7.64. The van der Waals surface area contributed by atoms with Crippen LogP contribution in [0.3, 0.4) is 0 Å². The average molecular weight is 286 g/mol. The minimum Gasteiger partial charge on any atom is -0.497 e. The number of hydrogen-bond acceptors (Lipinski definition) is 4. The van der Waals surface area contributed by atoms with Crippen LogP contribution in [0.1, 0.15) is 31.1 Å². The molecule has 1 heterocycles. The van der Waals surface area contributed by atoms with Gasteiger partial charge in [-0.05, 0) is 43.3 Å². The highest BCUT2D eigenvalue weighted by Crippen LogP contribution is 2.17. The van der Waals surface area contributed by atoms with E-state index in [4.69, 9.17) is 9.47 Å². The Hall–Kier alpha value is -2.07. The summed E-state index contributed by atoms with van der Waals surface area (Å²) in [5.41, 5.74) is 2.12. The molecule has 0 radical (unpaired) electrons. The normalized spacial score (nSPS) is 12.0. The molecule has 21 heavy (non-hydrogen) atoms. The van der Waals surface area contributed by atoms with Crippen LogP contribution < -0.4 is 14.8 Å². The van der Waals surface area contributed by atoms with Gasteiger partial charge in [0.05, 0.1) is 19.0 Å². The van der Waals surface area contributed by atoms with Crippen LogP contribution in [0.2, 0.25) is 0 Å². The number of hydrogen-bond donors (Lipinski definition) is 1. The molecule has 0 bridgehead atoms. The third-order valence-corrected chi connectivity index (χ3v) is 3.28. The molecule has 0 fully saturated rings. The standard InChI is InChI=1S/C17H22N2O2/c1-4-18-13(2)17-10-9-16(11-19-17)21-12-14-5-7-15(20-3)8-6-14/h5-11,13,18H,4,12H2,1-3H3. The molecule has 0 aliphatic carbocycles. The summed E-state index contributed by atoms with van der Waals surface area (Å²) in [5.74, 6) is 1.63. The van der Waals surface area contributed by atoms with E-state index in [9.17, 15) is 0 Å². The van der Waals surface area contributed by atoms with Crippen molar-refractivity contribution < 1.29 is 9.47 Å². The summed E-state index contributed by atoms with van der Waals surface area (Å²) in [6.45, 7) is 5.64. The molecule has 1 aromatic heterocycles. The molecule has 2 rings (SSSR count). The molecule has 0 aliphatic heterocycles. The fourth-order valence-electron chi connectivity index (χ4n) is 2.03. The Bertz CT molecular complexity index is 538. The number of nitrogens with zero attached hydrogens (tertiary/aromatic N) is 1. The van der Waals surface area contributed by atoms with Gasteiger partial charge in [-0.15, -0.1) is 0 Å². The van der Waals surface area contributed by atoms with E-state index in [1.54, 1.807) is 13.3 Å². The first-order valence-corrected chi connectivity index (χ1v) is 7.18. The molecule has 4 nitrogen and oxygen atoms in total. The zero-order chi connectivity index (χ0) is 15.1. The third-order valence-electron chi connectivity index (χ3n) is 3.28. The highest BCUT2D eigenvalue weighted by molar-refractivity contribution is 5.27. The number of pyridine rings is 1. The van der Waals surface area contributed by atoms with Crippen LogP contribution in [-0.4, -0.2) is 18.6 Å². The van der Waals surface area contributed by atoms with Crippen molar-refractivity contribution in [3.63, 3.8) is 0 Å². The minimum atomic E-state index is 0.255. The average Bonchev–Trinajstić information content (AvgIpc) is 2.54. The number of aromatic nitrogens is 1. The van der Waals surface area contributed by atoms with Gasteiger partial charge in [-0.1, -0.05) is 19.1 Å². The number of nitrogens with one attached hydrogen (secondary N) is 1. The molecule has 1 unspecified atom stereocenters. The molecule has 112 valence electrons. The minimum absolute atomic E-state index is 0.255. The van der Waals surface area contributed by atoms with Gasteiger partial charge in [0.1, 0.15) is 18.1 Å². The monoisotopic (exact) mass is 286 g/mol. The number of methoxy groups -OCH3 is 1. The van der Waals surface area contributed by atoms with E-state index >= 15 is 0 Å². The van der Waals surface area contributed by atoms with Gasteiger partial charge >= 0.3 is 0 Å². The zero-order valence-electron chi connectivity index (χ0n) is 12.8. The Kier molecular flexibility index (Phi) is 5.58. The van der Waals surface area contributed by atoms with Crippen molar-refractivity contribution in [1.29, 1.82) is 0 Å². The zero-order valence-corrected chi connectivity index (χ0v) is 12.8. The van der Waals surface area contributed by atoms with Gasteiger partial charge in [-0.25, -0.2) is 0 Å². The van der Waals surface area contributed by atoms with Crippen molar-refractivity contribution in [3.05, 3.63) is 53.9 Å². The fourth-order valence-corrected chi connectivity index (χ4v) is 2.03. The molecule has 1 aromatic carbocycles. The van der Waals surface area contributed by atoms with E-state index < -0.39 is 0 Å². The van der Waals surface area contributed by atoms with Crippen molar-refractivity contribution >= 4 is 0 Å². The van der Waals surface area contributed by atoms with E-state index in [1.165, 1.54) is 0 Å². The summed E-state index contributed by atoms with van der Waals surface area (Å²) < 4.78 is 10.9. The van der Waals surface area contributed by atoms with Crippen LogP contribution in [-0.2, 0) is 6.61 Å². The van der Waals surface area contributed by atoms with E-state index in [1.807, 2.05) is 36.4 Å². The largest absolute Gasteiger partial charge is 0.497 e. The van der Waals surface area contributed by atoms with E-state index in [2.05, 4.69) is 24.1 Å². The van der Waals surface area contributed by atoms with Gasteiger partial charge in [0.15, 0.2) is 0 Å². The first kappa shape index (κ1) is 15.3. The maximum Gasteiger partial charge on any atom is 0.138 e. The molecular weight excluding hydrogens is 264 g/mol. The Balaban J connectivity index is 1.90. The van der Waals surface area contributed by atoms with Crippen molar-refractivity contribution in [3.8, 4) is 11.5 Å². The molecule has 1 N–H and O–H groups in total. The number of benzene rings is 1. The van der Waals surface area contributed by atoms with E-state index in [-0.39, 0.29) is 6.04 Å². The van der Waals surface area contributed by atoms with Crippen molar-refractivity contribution in [2.24, 2.45) is 0 Å². The lowest BCUT2D eigenvalue weighted by molar-refractivity contribution is 0.304. The first-order chi connectivity index (χ1) is 10.2. The lowest BCUT2D eigenvalue weighted by Gasteiger charge is -2.12. The Labute approximate surface area is 126 Å². The second-order valence-corrected chi connectivity index (χ2v) is 4.83. The highest BCUT2D eigenvalue weighted by Gasteiger charge is 2.05. The maximum atomic E-state index is 5.74. The Morgan fingerprint density at radius 1 is 1.10 bits per heavy atom. The summed E-state index contributed by atoms with van der Waals surface area (Å²) in [6, 6.07) is 12.1. The number of ether oxygens (including phenoxy) is 2. The molecule has 0 saturated heterocycles. The van der Waals surface area contributed by atoms with Crippen LogP contribution >= 0.6 is 0 Å². The van der Waals surface area contributed by atoms with Crippen molar-refractivity contribution in [1.82, 2.24) is 10.3 Å². The lowest BCUT2D eigenvalue weighted by Crippen LogP contribution is -2.18.